The Hall–Kier alpha value is -1.10. The molecular formula is C7H5BrN2O2. The van der Waals surface area contributed by atoms with E-state index in [1.54, 1.807) is 19.2 Å². The summed E-state index contributed by atoms with van der Waals surface area (Å²) < 4.78 is 10.4. The molecule has 0 aliphatic rings. The Morgan fingerprint density at radius 2 is 2.25 bits per heavy atom. The maximum Gasteiger partial charge on any atom is 0.153 e. The number of benzene rings is 1. The highest BCUT2D eigenvalue weighted by atomic mass is 79.9. The molecule has 0 bridgehead atoms. The van der Waals surface area contributed by atoms with E-state index in [0.29, 0.717) is 11.0 Å². The van der Waals surface area contributed by atoms with Crippen LogP contribution in [0.3, 0.4) is 0 Å². The van der Waals surface area contributed by atoms with Crippen LogP contribution in [0, 0.1) is 0 Å². The second-order valence-electron chi connectivity index (χ2n) is 2.21. The van der Waals surface area contributed by atoms with Crippen molar-refractivity contribution in [2.45, 2.75) is 0 Å². The number of fused-ring (bicyclic) bond motifs is 1. The van der Waals surface area contributed by atoms with Crippen LogP contribution in [0.25, 0.3) is 11.0 Å². The standard InChI is InChI=1S/C7H5BrN2O2/c1-11-5-3-2-4-7(6(5)8)10-12-9-4/h2-3H,1H3. The molecule has 62 valence electrons. The third kappa shape index (κ3) is 0.972. The van der Waals surface area contributed by atoms with Crippen molar-refractivity contribution in [2.24, 2.45) is 0 Å². The van der Waals surface area contributed by atoms with E-state index in [0.717, 1.165) is 10.2 Å². The lowest BCUT2D eigenvalue weighted by Crippen LogP contribution is -1.84. The number of methoxy groups -OCH3 is 1. The summed E-state index contributed by atoms with van der Waals surface area (Å²) in [5.41, 5.74) is 1.39. The smallest absolute Gasteiger partial charge is 0.153 e. The van der Waals surface area contributed by atoms with Gasteiger partial charge < -0.3 is 4.74 Å². The van der Waals surface area contributed by atoms with E-state index in [1.165, 1.54) is 0 Å². The Bertz CT molecular complexity index is 413. The lowest BCUT2D eigenvalue weighted by Gasteiger charge is -2.00. The summed E-state index contributed by atoms with van der Waals surface area (Å²) >= 11 is 3.33. The van der Waals surface area contributed by atoms with Crippen molar-refractivity contribution in [2.75, 3.05) is 7.11 Å². The molecule has 0 fully saturated rings. The summed E-state index contributed by atoms with van der Waals surface area (Å²) in [5, 5.41) is 7.40. The van der Waals surface area contributed by atoms with Crippen LogP contribution in [-0.2, 0) is 0 Å². The summed E-state index contributed by atoms with van der Waals surface area (Å²) in [6.07, 6.45) is 0. The number of halogens is 1. The molecule has 1 aromatic carbocycles. The molecule has 0 spiro atoms. The number of hydrogen-bond acceptors (Lipinski definition) is 4. The van der Waals surface area contributed by atoms with E-state index in [1.807, 2.05) is 0 Å². The van der Waals surface area contributed by atoms with Crippen LogP contribution in [0.4, 0.5) is 0 Å². The predicted octanol–water partition coefficient (Wildman–Crippen LogP) is 1.99. The zero-order valence-electron chi connectivity index (χ0n) is 6.24. The van der Waals surface area contributed by atoms with Crippen LogP contribution < -0.4 is 4.74 Å². The SMILES string of the molecule is COc1ccc2nonc2c1Br. The van der Waals surface area contributed by atoms with Gasteiger partial charge in [0.05, 0.1) is 11.6 Å². The molecule has 12 heavy (non-hydrogen) atoms. The average molecular weight is 229 g/mol. The Morgan fingerprint density at radius 1 is 1.42 bits per heavy atom. The highest BCUT2D eigenvalue weighted by molar-refractivity contribution is 9.10. The summed E-state index contributed by atoms with van der Waals surface area (Å²) in [5.74, 6) is 0.721. The second-order valence-corrected chi connectivity index (χ2v) is 3.01. The number of aromatic nitrogens is 2. The van der Waals surface area contributed by atoms with E-state index in [2.05, 4.69) is 30.9 Å². The van der Waals surface area contributed by atoms with E-state index < -0.39 is 0 Å². The molecule has 0 aliphatic heterocycles. The Kier molecular flexibility index (Phi) is 1.73. The molecule has 0 amide bonds. The fourth-order valence-electron chi connectivity index (χ4n) is 0.959. The van der Waals surface area contributed by atoms with Gasteiger partial charge in [-0.1, -0.05) is 0 Å². The first-order valence-electron chi connectivity index (χ1n) is 3.27. The second kappa shape index (κ2) is 2.75. The fraction of sp³-hybridized carbons (Fsp3) is 0.143. The van der Waals surface area contributed by atoms with Crippen molar-refractivity contribution in [1.82, 2.24) is 10.3 Å². The molecule has 0 N–H and O–H groups in total. The molecule has 0 unspecified atom stereocenters. The van der Waals surface area contributed by atoms with Crippen LogP contribution in [0.2, 0.25) is 0 Å². The molecule has 1 aromatic heterocycles. The molecule has 4 nitrogen and oxygen atoms in total. The third-order valence-electron chi connectivity index (χ3n) is 1.55. The number of hydrogen-bond donors (Lipinski definition) is 0. The van der Waals surface area contributed by atoms with Crippen molar-refractivity contribution < 1.29 is 9.37 Å². The molecule has 2 aromatic rings. The lowest BCUT2D eigenvalue weighted by molar-refractivity contribution is 0.315. The fourth-order valence-corrected chi connectivity index (χ4v) is 1.53. The van der Waals surface area contributed by atoms with Crippen LogP contribution in [0.5, 0.6) is 5.75 Å². The van der Waals surface area contributed by atoms with Gasteiger partial charge in [-0.25, -0.2) is 4.63 Å². The molecular weight excluding hydrogens is 224 g/mol. The average Bonchev–Trinajstić information content (AvgIpc) is 2.53. The first-order chi connectivity index (χ1) is 5.83. The zero-order chi connectivity index (χ0) is 8.55. The Morgan fingerprint density at radius 3 is 3.00 bits per heavy atom. The highest BCUT2D eigenvalue weighted by Crippen LogP contribution is 2.30. The van der Waals surface area contributed by atoms with Gasteiger partial charge in [-0.2, -0.15) is 0 Å². The molecule has 2 rings (SSSR count). The van der Waals surface area contributed by atoms with Gasteiger partial charge in [-0.05, 0) is 38.4 Å². The number of rotatable bonds is 1. The summed E-state index contributed by atoms with van der Waals surface area (Å²) in [6.45, 7) is 0. The largest absolute Gasteiger partial charge is 0.495 e. The highest BCUT2D eigenvalue weighted by Gasteiger charge is 2.08. The minimum absolute atomic E-state index is 0.675. The van der Waals surface area contributed by atoms with Crippen molar-refractivity contribution in [1.29, 1.82) is 0 Å². The Labute approximate surface area is 76.6 Å². The molecule has 0 aliphatic carbocycles. The zero-order valence-corrected chi connectivity index (χ0v) is 7.83. The molecule has 0 radical (unpaired) electrons. The maximum atomic E-state index is 5.07. The monoisotopic (exact) mass is 228 g/mol. The van der Waals surface area contributed by atoms with Crippen molar-refractivity contribution >= 4 is 27.0 Å². The normalized spacial score (nSPS) is 10.5. The first kappa shape index (κ1) is 7.54. The summed E-state index contributed by atoms with van der Waals surface area (Å²) in [6, 6.07) is 3.59. The predicted molar refractivity (Wildman–Crippen MR) is 46.1 cm³/mol. The minimum atomic E-state index is 0.675. The van der Waals surface area contributed by atoms with Crippen LogP contribution in [0.1, 0.15) is 0 Å². The van der Waals surface area contributed by atoms with E-state index >= 15 is 0 Å². The molecule has 0 saturated carbocycles. The summed E-state index contributed by atoms with van der Waals surface area (Å²) in [7, 11) is 1.60. The number of nitrogens with zero attached hydrogens (tertiary/aromatic N) is 2. The first-order valence-corrected chi connectivity index (χ1v) is 4.07. The van der Waals surface area contributed by atoms with Crippen LogP contribution in [-0.4, -0.2) is 17.4 Å². The van der Waals surface area contributed by atoms with E-state index in [4.69, 9.17) is 4.74 Å². The van der Waals surface area contributed by atoms with Crippen molar-refractivity contribution in [3.63, 3.8) is 0 Å². The summed E-state index contributed by atoms with van der Waals surface area (Å²) in [4.78, 5) is 0. The maximum absolute atomic E-state index is 5.07. The molecule has 5 heteroatoms. The van der Waals surface area contributed by atoms with Gasteiger partial charge in [0.15, 0.2) is 5.52 Å². The van der Waals surface area contributed by atoms with E-state index in [9.17, 15) is 0 Å². The van der Waals surface area contributed by atoms with Gasteiger partial charge in [0.1, 0.15) is 11.3 Å². The number of ether oxygens (including phenoxy) is 1. The topological polar surface area (TPSA) is 48.2 Å². The quantitative estimate of drug-likeness (QED) is 0.750. The van der Waals surface area contributed by atoms with Gasteiger partial charge in [-0.15, -0.1) is 0 Å². The van der Waals surface area contributed by atoms with Gasteiger partial charge in [0, 0.05) is 0 Å². The molecule has 0 saturated heterocycles. The van der Waals surface area contributed by atoms with Crippen LogP contribution in [0.15, 0.2) is 21.2 Å². The van der Waals surface area contributed by atoms with Gasteiger partial charge in [0.2, 0.25) is 0 Å². The van der Waals surface area contributed by atoms with Crippen molar-refractivity contribution in [3.05, 3.63) is 16.6 Å². The van der Waals surface area contributed by atoms with Gasteiger partial charge in [0.25, 0.3) is 0 Å². The Balaban J connectivity index is 2.78. The third-order valence-corrected chi connectivity index (χ3v) is 2.32. The van der Waals surface area contributed by atoms with E-state index in [-0.39, 0.29) is 0 Å². The van der Waals surface area contributed by atoms with Gasteiger partial charge >= 0.3 is 0 Å². The molecule has 1 heterocycles. The van der Waals surface area contributed by atoms with Crippen LogP contribution >= 0.6 is 15.9 Å². The molecule has 0 atom stereocenters. The van der Waals surface area contributed by atoms with Crippen molar-refractivity contribution in [3.8, 4) is 5.75 Å². The minimum Gasteiger partial charge on any atom is -0.495 e. The lowest BCUT2D eigenvalue weighted by atomic mass is 10.3. The van der Waals surface area contributed by atoms with Gasteiger partial charge in [-0.3, -0.25) is 0 Å².